The predicted octanol–water partition coefficient (Wildman–Crippen LogP) is 1.82. The van der Waals surface area contributed by atoms with Gasteiger partial charge in [0, 0.05) is 13.0 Å². The number of fused-ring (bicyclic) bond motifs is 1. The summed E-state index contributed by atoms with van der Waals surface area (Å²) in [6.45, 7) is 2.63. The van der Waals surface area contributed by atoms with E-state index in [-0.39, 0.29) is 11.9 Å². The fraction of sp³-hybridized carbons (Fsp3) is 0.333. The highest BCUT2D eigenvalue weighted by Gasteiger charge is 2.10. The normalized spacial score (nSPS) is 12.8. The lowest BCUT2D eigenvalue weighted by Gasteiger charge is -2.09. The van der Waals surface area contributed by atoms with Crippen LogP contribution >= 0.6 is 11.3 Å². The molecule has 1 amide bonds. The summed E-state index contributed by atoms with van der Waals surface area (Å²) < 4.78 is 1.19. The number of primary amides is 1. The van der Waals surface area contributed by atoms with Gasteiger partial charge in [-0.2, -0.15) is 0 Å². The van der Waals surface area contributed by atoms with Gasteiger partial charge in [0.15, 0.2) is 0 Å². The van der Waals surface area contributed by atoms with Crippen LogP contribution in [0.25, 0.3) is 10.2 Å². The van der Waals surface area contributed by atoms with E-state index in [1.54, 1.807) is 11.3 Å². The highest BCUT2D eigenvalue weighted by atomic mass is 32.1. The average Bonchev–Trinajstić information content (AvgIpc) is 2.71. The van der Waals surface area contributed by atoms with E-state index < -0.39 is 0 Å². The number of nitrogens with two attached hydrogens (primary N) is 1. The van der Waals surface area contributed by atoms with E-state index in [4.69, 9.17) is 5.73 Å². The van der Waals surface area contributed by atoms with Gasteiger partial charge in [-0.15, -0.1) is 11.3 Å². The van der Waals surface area contributed by atoms with Crippen molar-refractivity contribution < 1.29 is 4.79 Å². The van der Waals surface area contributed by atoms with Crippen molar-refractivity contribution in [2.75, 3.05) is 6.54 Å². The molecule has 0 aliphatic carbocycles. The van der Waals surface area contributed by atoms with Gasteiger partial charge in [-0.3, -0.25) is 4.79 Å². The third-order valence-corrected chi connectivity index (χ3v) is 3.72. The summed E-state index contributed by atoms with van der Waals surface area (Å²) in [5.41, 5.74) is 6.11. The number of hydrogen-bond donors (Lipinski definition) is 2. The SMILES string of the molecule is CC(NCCC(N)=O)c1nc2ccccc2s1. The standard InChI is InChI=1S/C12H15N3OS/c1-8(14-7-6-11(13)16)12-15-9-4-2-3-5-10(9)17-12/h2-5,8,14H,6-7H2,1H3,(H2,13,16). The van der Waals surface area contributed by atoms with Gasteiger partial charge < -0.3 is 11.1 Å². The topological polar surface area (TPSA) is 68.0 Å². The zero-order valence-electron chi connectivity index (χ0n) is 9.64. The minimum absolute atomic E-state index is 0.145. The Morgan fingerprint density at radius 3 is 3.00 bits per heavy atom. The molecule has 0 spiro atoms. The minimum atomic E-state index is -0.283. The zero-order valence-corrected chi connectivity index (χ0v) is 10.5. The molecule has 0 aliphatic rings. The number of thiazole rings is 1. The smallest absolute Gasteiger partial charge is 0.218 e. The van der Waals surface area contributed by atoms with E-state index >= 15 is 0 Å². The van der Waals surface area contributed by atoms with E-state index in [9.17, 15) is 4.79 Å². The molecule has 1 unspecified atom stereocenters. The molecule has 0 radical (unpaired) electrons. The largest absolute Gasteiger partial charge is 0.370 e. The molecule has 1 atom stereocenters. The van der Waals surface area contributed by atoms with Crippen molar-refractivity contribution >= 4 is 27.5 Å². The monoisotopic (exact) mass is 249 g/mol. The molecule has 1 heterocycles. The van der Waals surface area contributed by atoms with E-state index in [0.29, 0.717) is 13.0 Å². The summed E-state index contributed by atoms with van der Waals surface area (Å²) in [6.07, 6.45) is 0.356. The number of nitrogens with zero attached hydrogens (tertiary/aromatic N) is 1. The van der Waals surface area contributed by atoms with Gasteiger partial charge in [-0.05, 0) is 19.1 Å². The minimum Gasteiger partial charge on any atom is -0.370 e. The molecule has 3 N–H and O–H groups in total. The van der Waals surface area contributed by atoms with Crippen molar-refractivity contribution in [1.29, 1.82) is 0 Å². The Morgan fingerprint density at radius 1 is 1.53 bits per heavy atom. The van der Waals surface area contributed by atoms with Gasteiger partial charge in [0.25, 0.3) is 0 Å². The van der Waals surface area contributed by atoms with Crippen LogP contribution in [0.3, 0.4) is 0 Å². The number of benzene rings is 1. The first-order chi connectivity index (χ1) is 8.16. The molecule has 4 nitrogen and oxygen atoms in total. The maximum absolute atomic E-state index is 10.6. The molecule has 0 aliphatic heterocycles. The van der Waals surface area contributed by atoms with Crippen molar-refractivity contribution in [3.63, 3.8) is 0 Å². The molecule has 0 bridgehead atoms. The van der Waals surface area contributed by atoms with Crippen LogP contribution in [0.1, 0.15) is 24.4 Å². The van der Waals surface area contributed by atoms with Crippen LogP contribution in [-0.2, 0) is 4.79 Å². The van der Waals surface area contributed by atoms with Crippen LogP contribution < -0.4 is 11.1 Å². The first kappa shape index (κ1) is 12.0. The van der Waals surface area contributed by atoms with Gasteiger partial charge in [-0.1, -0.05) is 12.1 Å². The Morgan fingerprint density at radius 2 is 2.29 bits per heavy atom. The molecule has 0 saturated heterocycles. The van der Waals surface area contributed by atoms with Crippen molar-refractivity contribution in [1.82, 2.24) is 10.3 Å². The molecule has 2 rings (SSSR count). The Bertz CT molecular complexity index is 490. The van der Waals surface area contributed by atoms with Gasteiger partial charge in [0.2, 0.25) is 5.91 Å². The molecule has 0 saturated carbocycles. The summed E-state index contributed by atoms with van der Waals surface area (Å²) in [4.78, 5) is 15.2. The van der Waals surface area contributed by atoms with Crippen molar-refractivity contribution in [3.05, 3.63) is 29.3 Å². The Balaban J connectivity index is 2.03. The second-order valence-electron chi connectivity index (χ2n) is 3.91. The highest BCUT2D eigenvalue weighted by molar-refractivity contribution is 7.18. The molecule has 1 aromatic heterocycles. The average molecular weight is 249 g/mol. The van der Waals surface area contributed by atoms with Crippen LogP contribution in [0.4, 0.5) is 0 Å². The third-order valence-electron chi connectivity index (χ3n) is 2.50. The predicted molar refractivity (Wildman–Crippen MR) is 69.8 cm³/mol. The van der Waals surface area contributed by atoms with Gasteiger partial charge in [0.1, 0.15) is 5.01 Å². The number of carbonyl (C=O) groups excluding carboxylic acids is 1. The number of rotatable bonds is 5. The Labute approximate surface area is 104 Å². The van der Waals surface area contributed by atoms with Crippen LogP contribution in [0.2, 0.25) is 0 Å². The van der Waals surface area contributed by atoms with E-state index in [2.05, 4.69) is 16.4 Å². The number of nitrogens with one attached hydrogen (secondary N) is 1. The maximum Gasteiger partial charge on any atom is 0.218 e. The zero-order chi connectivity index (χ0) is 12.3. The number of aromatic nitrogens is 1. The lowest BCUT2D eigenvalue weighted by Crippen LogP contribution is -2.24. The second-order valence-corrected chi connectivity index (χ2v) is 4.97. The summed E-state index contributed by atoms with van der Waals surface area (Å²) in [5.74, 6) is -0.283. The lowest BCUT2D eigenvalue weighted by atomic mass is 10.3. The number of carbonyl (C=O) groups is 1. The lowest BCUT2D eigenvalue weighted by molar-refractivity contribution is -0.117. The molecular weight excluding hydrogens is 234 g/mol. The van der Waals surface area contributed by atoms with E-state index in [0.717, 1.165) is 10.5 Å². The summed E-state index contributed by atoms with van der Waals surface area (Å²) in [6, 6.07) is 8.21. The molecule has 90 valence electrons. The first-order valence-corrected chi connectivity index (χ1v) is 6.35. The van der Waals surface area contributed by atoms with Gasteiger partial charge in [0.05, 0.1) is 16.3 Å². The summed E-state index contributed by atoms with van der Waals surface area (Å²) in [5, 5.41) is 4.28. The van der Waals surface area contributed by atoms with Gasteiger partial charge >= 0.3 is 0 Å². The molecule has 2 aromatic rings. The van der Waals surface area contributed by atoms with E-state index in [1.165, 1.54) is 4.70 Å². The Hall–Kier alpha value is -1.46. The van der Waals surface area contributed by atoms with Crippen LogP contribution in [0, 0.1) is 0 Å². The molecule has 17 heavy (non-hydrogen) atoms. The number of hydrogen-bond acceptors (Lipinski definition) is 4. The van der Waals surface area contributed by atoms with Gasteiger partial charge in [-0.25, -0.2) is 4.98 Å². The Kier molecular flexibility index (Phi) is 3.71. The second kappa shape index (κ2) is 5.25. The van der Waals surface area contributed by atoms with Crippen LogP contribution in [-0.4, -0.2) is 17.4 Å². The number of amides is 1. The molecule has 0 fully saturated rings. The van der Waals surface area contributed by atoms with Crippen molar-refractivity contribution in [3.8, 4) is 0 Å². The highest BCUT2D eigenvalue weighted by Crippen LogP contribution is 2.25. The van der Waals surface area contributed by atoms with Crippen molar-refractivity contribution in [2.24, 2.45) is 5.73 Å². The molecular formula is C12H15N3OS. The molecule has 1 aromatic carbocycles. The molecule has 5 heteroatoms. The number of para-hydroxylation sites is 1. The van der Waals surface area contributed by atoms with Crippen LogP contribution in [0.5, 0.6) is 0 Å². The fourth-order valence-electron chi connectivity index (χ4n) is 1.57. The summed E-state index contributed by atoms with van der Waals surface area (Å²) >= 11 is 1.67. The maximum atomic E-state index is 10.6. The third kappa shape index (κ3) is 3.01. The quantitative estimate of drug-likeness (QED) is 0.849. The first-order valence-electron chi connectivity index (χ1n) is 5.54. The van der Waals surface area contributed by atoms with E-state index in [1.807, 2.05) is 25.1 Å². The van der Waals surface area contributed by atoms with Crippen LogP contribution in [0.15, 0.2) is 24.3 Å². The van der Waals surface area contributed by atoms with Crippen molar-refractivity contribution in [2.45, 2.75) is 19.4 Å². The summed E-state index contributed by atoms with van der Waals surface area (Å²) in [7, 11) is 0. The fourth-order valence-corrected chi connectivity index (χ4v) is 2.57.